The van der Waals surface area contributed by atoms with Crippen molar-refractivity contribution in [3.8, 4) is 0 Å². The third-order valence-electron chi connectivity index (χ3n) is 2.39. The van der Waals surface area contributed by atoms with Crippen molar-refractivity contribution in [1.29, 1.82) is 0 Å². The van der Waals surface area contributed by atoms with E-state index in [1.807, 2.05) is 0 Å². The quantitative estimate of drug-likeness (QED) is 0.900. The number of carboxylic acid groups (broad SMARTS) is 1. The van der Waals surface area contributed by atoms with Crippen LogP contribution >= 0.6 is 11.3 Å². The fourth-order valence-corrected chi connectivity index (χ4v) is 3.67. The molecule has 0 unspecified atom stereocenters. The van der Waals surface area contributed by atoms with E-state index >= 15 is 0 Å². The topological polar surface area (TPSA) is 96.4 Å². The SMILES string of the molecule is Cc1cc(NS(=O)(=O)c2scnc2C(=O)O)ccc1F. The molecule has 0 saturated carbocycles. The van der Waals surface area contributed by atoms with Crippen LogP contribution in [0.2, 0.25) is 0 Å². The lowest BCUT2D eigenvalue weighted by Gasteiger charge is -2.07. The molecule has 1 heterocycles. The number of aromatic nitrogens is 1. The molecular formula is C11H9FN2O4S2. The molecule has 0 aliphatic rings. The standard InChI is InChI=1S/C11H9FN2O4S2/c1-6-4-7(2-3-8(6)12)14-20(17,18)11-9(10(15)16)13-5-19-11/h2-5,14H,1H3,(H,15,16). The molecule has 2 rings (SSSR count). The zero-order valence-electron chi connectivity index (χ0n) is 10.1. The van der Waals surface area contributed by atoms with Gasteiger partial charge in [-0.2, -0.15) is 0 Å². The van der Waals surface area contributed by atoms with Gasteiger partial charge in [-0.15, -0.1) is 11.3 Å². The van der Waals surface area contributed by atoms with Crippen molar-refractivity contribution in [3.63, 3.8) is 0 Å². The van der Waals surface area contributed by atoms with Crippen LogP contribution in [-0.2, 0) is 10.0 Å². The summed E-state index contributed by atoms with van der Waals surface area (Å²) in [6.45, 7) is 1.49. The number of hydrogen-bond donors (Lipinski definition) is 2. The Kier molecular flexibility index (Phi) is 3.73. The van der Waals surface area contributed by atoms with Crippen LogP contribution in [0.3, 0.4) is 0 Å². The second-order valence-electron chi connectivity index (χ2n) is 3.86. The molecule has 6 nitrogen and oxygen atoms in total. The summed E-state index contributed by atoms with van der Waals surface area (Å²) in [5, 5.41) is 8.87. The van der Waals surface area contributed by atoms with E-state index in [1.165, 1.54) is 19.1 Å². The number of nitrogens with one attached hydrogen (secondary N) is 1. The third kappa shape index (κ3) is 2.78. The Hall–Kier alpha value is -2.00. The molecule has 106 valence electrons. The van der Waals surface area contributed by atoms with Crippen LogP contribution in [0.15, 0.2) is 27.9 Å². The number of benzene rings is 1. The molecule has 0 fully saturated rings. The van der Waals surface area contributed by atoms with E-state index in [0.29, 0.717) is 11.3 Å². The molecule has 0 radical (unpaired) electrons. The molecule has 0 aliphatic heterocycles. The van der Waals surface area contributed by atoms with Gasteiger partial charge >= 0.3 is 5.97 Å². The van der Waals surface area contributed by atoms with Gasteiger partial charge in [0.1, 0.15) is 5.82 Å². The van der Waals surface area contributed by atoms with E-state index in [2.05, 4.69) is 9.71 Å². The first-order valence-corrected chi connectivity index (χ1v) is 7.63. The van der Waals surface area contributed by atoms with Crippen LogP contribution in [0, 0.1) is 12.7 Å². The van der Waals surface area contributed by atoms with Gasteiger partial charge in [0, 0.05) is 5.69 Å². The number of sulfonamides is 1. The van der Waals surface area contributed by atoms with Gasteiger partial charge in [0.25, 0.3) is 10.0 Å². The number of nitrogens with zero attached hydrogens (tertiary/aromatic N) is 1. The summed E-state index contributed by atoms with van der Waals surface area (Å²) in [6.07, 6.45) is 0. The maximum atomic E-state index is 13.1. The maximum absolute atomic E-state index is 13.1. The van der Waals surface area contributed by atoms with Crippen LogP contribution in [0.4, 0.5) is 10.1 Å². The number of hydrogen-bond acceptors (Lipinski definition) is 5. The maximum Gasteiger partial charge on any atom is 0.356 e. The minimum Gasteiger partial charge on any atom is -0.476 e. The molecule has 0 amide bonds. The lowest BCUT2D eigenvalue weighted by molar-refractivity contribution is 0.0687. The zero-order chi connectivity index (χ0) is 14.9. The molecule has 20 heavy (non-hydrogen) atoms. The van der Waals surface area contributed by atoms with Crippen molar-refractivity contribution in [3.05, 3.63) is 40.8 Å². The predicted octanol–water partition coefficient (Wildman–Crippen LogP) is 2.09. The van der Waals surface area contributed by atoms with Crippen molar-refractivity contribution in [2.45, 2.75) is 11.1 Å². The first-order valence-electron chi connectivity index (χ1n) is 5.27. The molecular weight excluding hydrogens is 307 g/mol. The van der Waals surface area contributed by atoms with E-state index in [4.69, 9.17) is 5.11 Å². The molecule has 1 aromatic carbocycles. The summed E-state index contributed by atoms with van der Waals surface area (Å²) < 4.78 is 39.1. The molecule has 2 N–H and O–H groups in total. The minimum absolute atomic E-state index is 0.147. The summed E-state index contributed by atoms with van der Waals surface area (Å²) in [5.41, 5.74) is 1.01. The van der Waals surface area contributed by atoms with Crippen LogP contribution in [0.5, 0.6) is 0 Å². The van der Waals surface area contributed by atoms with Gasteiger partial charge in [0.2, 0.25) is 0 Å². The van der Waals surface area contributed by atoms with Crippen LogP contribution in [0.1, 0.15) is 16.1 Å². The Bertz CT molecular complexity index is 770. The molecule has 0 spiro atoms. The predicted molar refractivity (Wildman–Crippen MR) is 71.0 cm³/mol. The van der Waals surface area contributed by atoms with Crippen LogP contribution in [0.25, 0.3) is 0 Å². The summed E-state index contributed by atoms with van der Waals surface area (Å²) in [5.74, 6) is -1.89. The number of thiazole rings is 1. The van der Waals surface area contributed by atoms with Gasteiger partial charge in [0.05, 0.1) is 5.51 Å². The fourth-order valence-electron chi connectivity index (χ4n) is 1.48. The van der Waals surface area contributed by atoms with Gasteiger partial charge in [-0.3, -0.25) is 4.72 Å². The third-order valence-corrected chi connectivity index (χ3v) is 5.14. The van der Waals surface area contributed by atoms with Crippen molar-refractivity contribution >= 4 is 33.0 Å². The second-order valence-corrected chi connectivity index (χ2v) is 6.60. The highest BCUT2D eigenvalue weighted by Gasteiger charge is 2.25. The molecule has 2 aromatic rings. The normalized spacial score (nSPS) is 11.3. The van der Waals surface area contributed by atoms with Crippen molar-refractivity contribution < 1.29 is 22.7 Å². The van der Waals surface area contributed by atoms with Gasteiger partial charge in [-0.05, 0) is 30.7 Å². The first kappa shape index (κ1) is 14.4. The number of aromatic carboxylic acids is 1. The van der Waals surface area contributed by atoms with Crippen molar-refractivity contribution in [2.24, 2.45) is 0 Å². The van der Waals surface area contributed by atoms with Crippen LogP contribution in [-0.4, -0.2) is 24.5 Å². The zero-order valence-corrected chi connectivity index (χ0v) is 11.8. The fraction of sp³-hybridized carbons (Fsp3) is 0.0909. The van der Waals surface area contributed by atoms with Crippen molar-refractivity contribution in [2.75, 3.05) is 4.72 Å². The van der Waals surface area contributed by atoms with Crippen molar-refractivity contribution in [1.82, 2.24) is 4.98 Å². The largest absolute Gasteiger partial charge is 0.476 e. The smallest absolute Gasteiger partial charge is 0.356 e. The summed E-state index contributed by atoms with van der Waals surface area (Å²) in [7, 11) is -4.07. The molecule has 0 saturated heterocycles. The summed E-state index contributed by atoms with van der Waals surface area (Å²) in [6, 6.07) is 3.69. The second kappa shape index (κ2) is 5.17. The summed E-state index contributed by atoms with van der Waals surface area (Å²) >= 11 is 0.695. The van der Waals surface area contributed by atoms with Gasteiger partial charge in [-0.25, -0.2) is 22.6 Å². The number of rotatable bonds is 4. The Morgan fingerprint density at radius 1 is 1.45 bits per heavy atom. The Morgan fingerprint density at radius 2 is 2.15 bits per heavy atom. The number of halogens is 1. The van der Waals surface area contributed by atoms with Gasteiger partial charge in [0.15, 0.2) is 9.90 Å². The highest BCUT2D eigenvalue weighted by Crippen LogP contribution is 2.24. The molecule has 0 atom stereocenters. The molecule has 1 aromatic heterocycles. The Morgan fingerprint density at radius 3 is 2.75 bits per heavy atom. The number of aryl methyl sites for hydroxylation is 1. The van der Waals surface area contributed by atoms with E-state index in [-0.39, 0.29) is 11.3 Å². The summed E-state index contributed by atoms with van der Waals surface area (Å²) in [4.78, 5) is 14.4. The van der Waals surface area contributed by atoms with E-state index in [1.54, 1.807) is 0 Å². The van der Waals surface area contributed by atoms with Gasteiger partial charge in [-0.1, -0.05) is 0 Å². The number of carbonyl (C=O) groups is 1. The number of carboxylic acids is 1. The highest BCUT2D eigenvalue weighted by atomic mass is 32.2. The van der Waals surface area contributed by atoms with Gasteiger partial charge < -0.3 is 5.11 Å². The Balaban J connectivity index is 2.38. The minimum atomic E-state index is -4.07. The van der Waals surface area contributed by atoms with Crippen LogP contribution < -0.4 is 4.72 Å². The average Bonchev–Trinajstić information content (AvgIpc) is 2.83. The number of anilines is 1. The molecule has 0 bridgehead atoms. The van der Waals surface area contributed by atoms with E-state index in [0.717, 1.165) is 11.6 Å². The lowest BCUT2D eigenvalue weighted by atomic mass is 10.2. The first-order chi connectivity index (χ1) is 9.31. The Labute approximate surface area is 118 Å². The molecule has 9 heteroatoms. The van der Waals surface area contributed by atoms with E-state index in [9.17, 15) is 17.6 Å². The highest BCUT2D eigenvalue weighted by molar-refractivity contribution is 7.94. The monoisotopic (exact) mass is 316 g/mol. The average molecular weight is 316 g/mol. The molecule has 0 aliphatic carbocycles. The lowest BCUT2D eigenvalue weighted by Crippen LogP contribution is -2.15. The van der Waals surface area contributed by atoms with E-state index < -0.39 is 31.7 Å².